The van der Waals surface area contributed by atoms with Crippen LogP contribution in [0.1, 0.15) is 0 Å². The molecule has 5 heteroatoms. The quantitative estimate of drug-likeness (QED) is 0.152. The molecule has 0 saturated heterocycles. The van der Waals surface area contributed by atoms with Crippen LogP contribution in [0.25, 0.3) is 71.7 Å². The Kier molecular flexibility index (Phi) is 8.01. The molecule has 0 unspecified atom stereocenters. The van der Waals surface area contributed by atoms with Crippen molar-refractivity contribution in [3.8, 4) is 27.9 Å². The third kappa shape index (κ3) is 5.71. The first-order chi connectivity index (χ1) is 27.3. The van der Waals surface area contributed by atoms with Gasteiger partial charge >= 0.3 is 0 Å². The van der Waals surface area contributed by atoms with E-state index >= 15 is 0 Å². The van der Waals surface area contributed by atoms with Gasteiger partial charge < -0.3 is 13.9 Å². The van der Waals surface area contributed by atoms with Gasteiger partial charge in [-0.05, 0) is 95.6 Å². The highest BCUT2D eigenvalue weighted by molar-refractivity contribution is 6.88. The predicted molar refractivity (Wildman–Crippen MR) is 237 cm³/mol. The molecule has 10 rings (SSSR count). The predicted octanol–water partition coefficient (Wildman–Crippen LogP) is 14.2. The van der Waals surface area contributed by atoms with E-state index in [9.17, 15) is 4.39 Å². The van der Waals surface area contributed by atoms with Gasteiger partial charge in [0.1, 0.15) is 17.0 Å². The number of benzene rings is 8. The highest BCUT2D eigenvalue weighted by Gasteiger charge is 2.21. The Morgan fingerprint density at radius 3 is 1.86 bits per heavy atom. The minimum atomic E-state index is -1.59. The van der Waals surface area contributed by atoms with Crippen LogP contribution in [0, 0.1) is 5.82 Å². The van der Waals surface area contributed by atoms with Crippen LogP contribution in [-0.4, -0.2) is 12.6 Å². The fourth-order valence-electron chi connectivity index (χ4n) is 8.27. The van der Waals surface area contributed by atoms with Gasteiger partial charge in [0.2, 0.25) is 0 Å². The van der Waals surface area contributed by atoms with Crippen LogP contribution in [0.15, 0.2) is 186 Å². The zero-order valence-corrected chi connectivity index (χ0v) is 32.5. The Morgan fingerprint density at radius 1 is 0.482 bits per heavy atom. The van der Waals surface area contributed by atoms with Crippen molar-refractivity contribution in [1.29, 1.82) is 0 Å². The standard InChI is InChI=1S/C51H39FN2OSi/c1-56(2,3)40-13-10-12-39(33-40)53(38-29-24-35(25-30-38)42-17-11-21-50-51(42)44-16-6-9-20-49(44)55-50)37-27-22-34(23-28-37)41-14-4-7-18-46(41)54-47-19-8-5-15-43(47)45-32-36(52)26-31-48(45)54/h4-33H,1-3H3. The topological polar surface area (TPSA) is 21.3 Å². The van der Waals surface area contributed by atoms with Gasteiger partial charge in [0.25, 0.3) is 0 Å². The van der Waals surface area contributed by atoms with Crippen molar-refractivity contribution < 1.29 is 8.81 Å². The van der Waals surface area contributed by atoms with Crippen molar-refractivity contribution >= 4 is 74.1 Å². The van der Waals surface area contributed by atoms with E-state index in [2.05, 4.69) is 163 Å². The van der Waals surface area contributed by atoms with E-state index in [0.29, 0.717) is 0 Å². The van der Waals surface area contributed by atoms with Crippen molar-refractivity contribution in [3.05, 3.63) is 188 Å². The molecule has 0 amide bonds. The number of para-hydroxylation sites is 3. The number of rotatable bonds is 7. The van der Waals surface area contributed by atoms with Gasteiger partial charge in [0, 0.05) is 44.2 Å². The van der Waals surface area contributed by atoms with E-state index in [-0.39, 0.29) is 5.82 Å². The second kappa shape index (κ2) is 13.3. The lowest BCUT2D eigenvalue weighted by molar-refractivity contribution is 0.629. The van der Waals surface area contributed by atoms with E-state index in [1.807, 2.05) is 36.4 Å². The number of halogens is 1. The van der Waals surface area contributed by atoms with Crippen molar-refractivity contribution in [2.24, 2.45) is 0 Å². The Morgan fingerprint density at radius 2 is 1.09 bits per heavy atom. The molecule has 8 aromatic carbocycles. The summed E-state index contributed by atoms with van der Waals surface area (Å²) in [5.41, 5.74) is 12.6. The lowest BCUT2D eigenvalue weighted by Gasteiger charge is -2.28. The molecule has 0 aliphatic heterocycles. The fourth-order valence-corrected chi connectivity index (χ4v) is 9.45. The summed E-state index contributed by atoms with van der Waals surface area (Å²) >= 11 is 0. The SMILES string of the molecule is C[Si](C)(C)c1cccc(N(c2ccc(-c3ccccc3-n3c4ccccc4c4cc(F)ccc43)cc2)c2ccc(-c3cccc4oc5ccccc5c34)cc2)c1. The van der Waals surface area contributed by atoms with Crippen LogP contribution in [0.3, 0.4) is 0 Å². The average Bonchev–Trinajstić information content (AvgIpc) is 3.77. The highest BCUT2D eigenvalue weighted by Crippen LogP contribution is 2.41. The second-order valence-electron chi connectivity index (χ2n) is 15.5. The van der Waals surface area contributed by atoms with Gasteiger partial charge in [0.05, 0.1) is 24.8 Å². The van der Waals surface area contributed by atoms with Crippen molar-refractivity contribution in [2.45, 2.75) is 19.6 Å². The van der Waals surface area contributed by atoms with Crippen molar-refractivity contribution in [2.75, 3.05) is 4.90 Å². The molecule has 0 atom stereocenters. The molecule has 0 bridgehead atoms. The van der Waals surface area contributed by atoms with Gasteiger partial charge in [-0.3, -0.25) is 0 Å². The normalized spacial score (nSPS) is 11.9. The third-order valence-corrected chi connectivity index (χ3v) is 13.1. The maximum Gasteiger partial charge on any atom is 0.136 e. The van der Waals surface area contributed by atoms with E-state index < -0.39 is 8.07 Å². The molecule has 56 heavy (non-hydrogen) atoms. The van der Waals surface area contributed by atoms with E-state index in [1.165, 1.54) is 5.19 Å². The first-order valence-corrected chi connectivity index (χ1v) is 22.6. The molecular weight excluding hydrogens is 704 g/mol. The Labute approximate surface area is 326 Å². The summed E-state index contributed by atoms with van der Waals surface area (Å²) in [7, 11) is -1.59. The largest absolute Gasteiger partial charge is 0.456 e. The first-order valence-electron chi connectivity index (χ1n) is 19.1. The molecule has 3 nitrogen and oxygen atoms in total. The van der Waals surface area contributed by atoms with Crippen LogP contribution in [-0.2, 0) is 0 Å². The zero-order valence-electron chi connectivity index (χ0n) is 31.5. The Bertz CT molecular complexity index is 3080. The smallest absolute Gasteiger partial charge is 0.136 e. The summed E-state index contributed by atoms with van der Waals surface area (Å²) in [6.07, 6.45) is 0. The number of hydrogen-bond donors (Lipinski definition) is 0. The van der Waals surface area contributed by atoms with Gasteiger partial charge in [-0.2, -0.15) is 0 Å². The summed E-state index contributed by atoms with van der Waals surface area (Å²) in [6, 6.07) is 63.2. The van der Waals surface area contributed by atoms with E-state index in [4.69, 9.17) is 4.42 Å². The minimum Gasteiger partial charge on any atom is -0.456 e. The molecule has 10 aromatic rings. The number of anilines is 3. The van der Waals surface area contributed by atoms with Crippen LogP contribution in [0.2, 0.25) is 19.6 Å². The van der Waals surface area contributed by atoms with E-state index in [1.54, 1.807) is 12.1 Å². The summed E-state index contributed by atoms with van der Waals surface area (Å²) in [6.45, 7) is 7.18. The third-order valence-electron chi connectivity index (χ3n) is 11.0. The lowest BCUT2D eigenvalue weighted by Crippen LogP contribution is -2.37. The summed E-state index contributed by atoms with van der Waals surface area (Å²) in [5, 5.41) is 5.61. The minimum absolute atomic E-state index is 0.234. The monoisotopic (exact) mass is 742 g/mol. The highest BCUT2D eigenvalue weighted by atomic mass is 28.3. The molecule has 0 radical (unpaired) electrons. The molecule has 0 aliphatic carbocycles. The van der Waals surface area contributed by atoms with Crippen LogP contribution < -0.4 is 10.1 Å². The average molecular weight is 743 g/mol. The van der Waals surface area contributed by atoms with Gasteiger partial charge in [0.15, 0.2) is 0 Å². The van der Waals surface area contributed by atoms with Crippen LogP contribution in [0.5, 0.6) is 0 Å². The molecule has 270 valence electrons. The zero-order chi connectivity index (χ0) is 38.0. The van der Waals surface area contributed by atoms with Crippen molar-refractivity contribution in [3.63, 3.8) is 0 Å². The molecule has 0 aliphatic rings. The van der Waals surface area contributed by atoms with Gasteiger partial charge in [-0.15, -0.1) is 0 Å². The van der Waals surface area contributed by atoms with Crippen LogP contribution >= 0.6 is 0 Å². The fraction of sp³-hybridized carbons (Fsp3) is 0.0588. The number of furan rings is 1. The lowest BCUT2D eigenvalue weighted by atomic mass is 9.99. The molecule has 2 aromatic heterocycles. The maximum absolute atomic E-state index is 14.5. The maximum atomic E-state index is 14.5. The molecule has 0 fully saturated rings. The van der Waals surface area contributed by atoms with Crippen LogP contribution in [0.4, 0.5) is 21.5 Å². The van der Waals surface area contributed by atoms with Gasteiger partial charge in [-0.1, -0.05) is 128 Å². The molecule has 2 heterocycles. The molecule has 0 spiro atoms. The van der Waals surface area contributed by atoms with E-state index in [0.717, 1.165) is 88.7 Å². The number of aromatic nitrogens is 1. The molecule has 0 saturated carbocycles. The molecule has 0 N–H and O–H groups in total. The number of fused-ring (bicyclic) bond motifs is 6. The summed E-state index contributed by atoms with van der Waals surface area (Å²) in [4.78, 5) is 2.36. The summed E-state index contributed by atoms with van der Waals surface area (Å²) in [5.74, 6) is -0.234. The second-order valence-corrected chi connectivity index (χ2v) is 20.6. The van der Waals surface area contributed by atoms with Crippen molar-refractivity contribution in [1.82, 2.24) is 4.57 Å². The number of hydrogen-bond acceptors (Lipinski definition) is 2. The Balaban J connectivity index is 1.08. The van der Waals surface area contributed by atoms with Gasteiger partial charge in [-0.25, -0.2) is 4.39 Å². The Hall–Kier alpha value is -6.69. The summed E-state index contributed by atoms with van der Waals surface area (Å²) < 4.78 is 23.0. The number of nitrogens with zero attached hydrogens (tertiary/aromatic N) is 2. The molecular formula is C51H39FN2OSi. The first kappa shape index (κ1) is 33.8.